The van der Waals surface area contributed by atoms with Crippen LogP contribution in [0.1, 0.15) is 73.8 Å². The number of hydrogen-bond acceptors (Lipinski definition) is 9. The van der Waals surface area contributed by atoms with E-state index in [0.717, 1.165) is 5.69 Å². The maximum absolute atomic E-state index is 15.4. The zero-order valence-corrected chi connectivity index (χ0v) is 32.7. The van der Waals surface area contributed by atoms with Crippen molar-refractivity contribution in [2.24, 2.45) is 11.3 Å². The molecule has 4 aromatic rings. The summed E-state index contributed by atoms with van der Waals surface area (Å²) in [5.41, 5.74) is 0.660. The molecular formula is C40H47F3N6O5S. The zero-order valence-electron chi connectivity index (χ0n) is 31.9. The van der Waals surface area contributed by atoms with E-state index in [9.17, 15) is 13.2 Å². The molecule has 4 heterocycles. The van der Waals surface area contributed by atoms with Crippen LogP contribution in [0.15, 0.2) is 65.7 Å². The molecule has 4 bridgehead atoms. The maximum Gasteiger partial charge on any atom is 0.423 e. The van der Waals surface area contributed by atoms with Gasteiger partial charge in [0.05, 0.1) is 54.0 Å². The lowest BCUT2D eigenvalue weighted by molar-refractivity contribution is -0.139. The Balaban J connectivity index is 1.53. The van der Waals surface area contributed by atoms with Gasteiger partial charge in [-0.15, -0.1) is 0 Å². The van der Waals surface area contributed by atoms with Gasteiger partial charge in [-0.05, 0) is 72.6 Å². The number of nitrogens with one attached hydrogen (secondary N) is 1. The number of nitrogens with zero attached hydrogens (tertiary/aromatic N) is 5. The van der Waals surface area contributed by atoms with E-state index in [1.54, 1.807) is 37.4 Å². The second-order valence-corrected chi connectivity index (χ2v) is 17.4. The third kappa shape index (κ3) is 9.38. The van der Waals surface area contributed by atoms with Crippen molar-refractivity contribution in [2.75, 3.05) is 42.5 Å². The molecule has 15 heteroatoms. The molecule has 2 aliphatic rings. The first-order chi connectivity index (χ1) is 25.9. The summed E-state index contributed by atoms with van der Waals surface area (Å²) in [6.07, 6.45) is -2.54. The molecule has 0 radical (unpaired) electrons. The molecule has 0 saturated carbocycles. The number of halogens is 3. The van der Waals surface area contributed by atoms with Gasteiger partial charge >= 0.3 is 6.18 Å². The van der Waals surface area contributed by atoms with Crippen LogP contribution in [0.3, 0.4) is 0 Å². The number of sulfonamides is 1. The molecule has 0 unspecified atom stereocenters. The van der Waals surface area contributed by atoms with Crippen molar-refractivity contribution in [1.82, 2.24) is 19.9 Å². The molecule has 0 aliphatic carbocycles. The van der Waals surface area contributed by atoms with Gasteiger partial charge in [-0.2, -0.15) is 18.2 Å². The quantitative estimate of drug-likeness (QED) is 0.202. The fourth-order valence-electron chi connectivity index (χ4n) is 7.05. The molecule has 1 amide bonds. The van der Waals surface area contributed by atoms with E-state index >= 15 is 13.2 Å². The van der Waals surface area contributed by atoms with Crippen molar-refractivity contribution in [3.63, 3.8) is 0 Å². The summed E-state index contributed by atoms with van der Waals surface area (Å²) in [5, 5.41) is 0. The molecule has 11 nitrogen and oxygen atoms in total. The topological polar surface area (TPSA) is 127 Å². The van der Waals surface area contributed by atoms with Crippen LogP contribution in [0.25, 0.3) is 11.3 Å². The minimum Gasteiger partial charge on any atom is -0.475 e. The predicted octanol–water partition coefficient (Wildman–Crippen LogP) is 7.54. The monoisotopic (exact) mass is 780 g/mol. The Morgan fingerprint density at radius 3 is 2.38 bits per heavy atom. The third-order valence-electron chi connectivity index (χ3n) is 9.48. The minimum absolute atomic E-state index is 0.0320. The molecule has 6 rings (SSSR count). The molecule has 294 valence electrons. The number of morpholine rings is 1. The van der Waals surface area contributed by atoms with Crippen molar-refractivity contribution in [1.29, 1.82) is 0 Å². The second-order valence-electron chi connectivity index (χ2n) is 15.7. The first kappa shape index (κ1) is 39.9. The number of aryl methyl sites for hydroxylation is 1. The smallest absolute Gasteiger partial charge is 0.423 e. The van der Waals surface area contributed by atoms with Crippen LogP contribution in [0, 0.1) is 18.3 Å². The number of rotatable bonds is 7. The van der Waals surface area contributed by atoms with E-state index < -0.39 is 63.3 Å². The molecule has 2 aromatic carbocycles. The maximum atomic E-state index is 15.4. The average molecular weight is 781 g/mol. The number of amides is 1. The Hall–Kier alpha value is -4.76. The highest BCUT2D eigenvalue weighted by atomic mass is 32.2. The number of ether oxygens (including phenoxy) is 2. The van der Waals surface area contributed by atoms with Crippen LogP contribution in [0.4, 0.5) is 24.8 Å². The van der Waals surface area contributed by atoms with E-state index in [1.165, 1.54) is 29.2 Å². The number of anilines is 2. The highest BCUT2D eigenvalue weighted by Gasteiger charge is 2.42. The normalized spacial score (nSPS) is 17.9. The summed E-state index contributed by atoms with van der Waals surface area (Å²) >= 11 is 0. The summed E-state index contributed by atoms with van der Waals surface area (Å²) in [6.45, 7) is 13.6. The van der Waals surface area contributed by atoms with Crippen molar-refractivity contribution in [3.8, 4) is 17.1 Å². The largest absolute Gasteiger partial charge is 0.475 e. The number of hydrogen-bond donors (Lipinski definition) is 1. The number of aromatic nitrogens is 3. The van der Waals surface area contributed by atoms with Gasteiger partial charge in [0.25, 0.3) is 15.9 Å². The summed E-state index contributed by atoms with van der Waals surface area (Å²) < 4.78 is 87.7. The number of alkyl halides is 3. The third-order valence-corrected chi connectivity index (χ3v) is 10.8. The van der Waals surface area contributed by atoms with E-state index in [4.69, 9.17) is 9.47 Å². The number of pyridine rings is 1. The average Bonchev–Trinajstić information content (AvgIpc) is 3.11. The second kappa shape index (κ2) is 15.8. The summed E-state index contributed by atoms with van der Waals surface area (Å²) in [7, 11) is -4.51. The Morgan fingerprint density at radius 2 is 1.73 bits per heavy atom. The van der Waals surface area contributed by atoms with E-state index in [1.807, 2.05) is 40.7 Å². The first-order valence-electron chi connectivity index (χ1n) is 18.3. The van der Waals surface area contributed by atoms with Crippen LogP contribution >= 0.6 is 0 Å². The number of carbonyl (C=O) groups is 1. The highest BCUT2D eigenvalue weighted by molar-refractivity contribution is 7.92. The first-order valence-corrected chi connectivity index (χ1v) is 19.8. The van der Waals surface area contributed by atoms with Gasteiger partial charge in [-0.3, -0.25) is 9.78 Å². The van der Waals surface area contributed by atoms with Crippen molar-refractivity contribution >= 4 is 27.6 Å². The minimum atomic E-state index is -5.01. The van der Waals surface area contributed by atoms with Gasteiger partial charge in [0, 0.05) is 24.2 Å². The lowest BCUT2D eigenvalue weighted by Crippen LogP contribution is -2.45. The molecule has 1 saturated heterocycles. The van der Waals surface area contributed by atoms with E-state index in [2.05, 4.69) is 24.6 Å². The van der Waals surface area contributed by atoms with Gasteiger partial charge < -0.3 is 19.3 Å². The summed E-state index contributed by atoms with van der Waals surface area (Å²) in [6, 6.07) is 13.6. The van der Waals surface area contributed by atoms with Crippen molar-refractivity contribution < 1.29 is 35.9 Å². The van der Waals surface area contributed by atoms with Gasteiger partial charge in [-0.25, -0.2) is 18.1 Å². The van der Waals surface area contributed by atoms with E-state index in [-0.39, 0.29) is 28.5 Å². The number of carbonyl (C=O) groups excluding carboxylic acids is 1. The molecule has 1 N–H and O–H groups in total. The van der Waals surface area contributed by atoms with Gasteiger partial charge in [0.1, 0.15) is 12.2 Å². The lowest BCUT2D eigenvalue weighted by Gasteiger charge is -2.36. The van der Waals surface area contributed by atoms with Gasteiger partial charge in [-0.1, -0.05) is 58.9 Å². The Morgan fingerprint density at radius 1 is 1.00 bits per heavy atom. The van der Waals surface area contributed by atoms with Gasteiger partial charge in [0.15, 0.2) is 0 Å². The SMILES string of the molecule is Cc1cccc(CC(C)C)c1-c1nc2nc(c1C(F)(F)F)OC[C@@H](CC(C)(C)C)N(Cc1ccc(N3CCOCC3)cn1)C(=O)c1cccc(c1)S(=O)(=O)N2. The highest BCUT2D eigenvalue weighted by Crippen LogP contribution is 2.44. The van der Waals surface area contributed by atoms with Crippen LogP contribution in [0.2, 0.25) is 0 Å². The molecule has 1 fully saturated rings. The van der Waals surface area contributed by atoms with Gasteiger partial charge in [0.2, 0.25) is 11.8 Å². The standard InChI is InChI=1S/C40H47F3N6O5S/c1-25(2)19-27-10-7-9-26(3)33(27)35-34(40(41,42)43)36-46-38(45-35)47-55(51,52)32-12-8-11-28(20-32)37(50)49(31(24-54-36)21-39(4,5)6)23-29-13-14-30(22-44-29)48-15-17-53-18-16-48/h7-14,20,22,25,31H,15-19,21,23-24H2,1-6H3,(H,45,46,47)/t31-/m1/s1. The molecule has 2 aromatic heterocycles. The summed E-state index contributed by atoms with van der Waals surface area (Å²) in [5.74, 6) is -1.90. The fraction of sp³-hybridized carbons (Fsp3) is 0.450. The predicted molar refractivity (Wildman–Crippen MR) is 203 cm³/mol. The van der Waals surface area contributed by atoms with Crippen molar-refractivity contribution in [3.05, 3.63) is 88.7 Å². The van der Waals surface area contributed by atoms with Crippen LogP contribution < -0.4 is 14.4 Å². The molecular weight excluding hydrogens is 734 g/mol. The zero-order chi connectivity index (χ0) is 39.7. The van der Waals surface area contributed by atoms with E-state index in [0.29, 0.717) is 56.0 Å². The molecule has 55 heavy (non-hydrogen) atoms. The molecule has 1 atom stereocenters. The van der Waals surface area contributed by atoms with Crippen molar-refractivity contribution in [2.45, 2.75) is 78.0 Å². The number of fused-ring (bicyclic) bond motifs is 4. The van der Waals surface area contributed by atoms with Crippen LogP contribution in [-0.4, -0.2) is 73.1 Å². The Kier molecular flexibility index (Phi) is 11.4. The Bertz CT molecular complexity index is 2130. The number of benzene rings is 2. The molecule has 0 spiro atoms. The van der Waals surface area contributed by atoms with Crippen LogP contribution in [0.5, 0.6) is 5.88 Å². The molecule has 2 aliphatic heterocycles. The summed E-state index contributed by atoms with van der Waals surface area (Å²) in [4.78, 5) is 30.9. The lowest BCUT2D eigenvalue weighted by atomic mass is 9.87. The fourth-order valence-corrected chi connectivity index (χ4v) is 8.04. The Labute approximate surface area is 320 Å². The van der Waals surface area contributed by atoms with Crippen LogP contribution in [-0.2, 0) is 33.9 Å².